The van der Waals surface area contributed by atoms with Gasteiger partial charge in [-0.2, -0.15) is 0 Å². The number of nitrogens with zero attached hydrogens (tertiary/aromatic N) is 2. The minimum absolute atomic E-state index is 0.698. The lowest BCUT2D eigenvalue weighted by atomic mass is 9.95. The van der Waals surface area contributed by atoms with E-state index in [1.807, 2.05) is 0 Å². The molecule has 0 amide bonds. The Hall–Kier alpha value is -1.31. The van der Waals surface area contributed by atoms with Crippen molar-refractivity contribution in [1.82, 2.24) is 0 Å². The predicted molar refractivity (Wildman–Crippen MR) is 74.5 cm³/mol. The Bertz CT molecular complexity index is 486. The second-order valence-corrected chi connectivity index (χ2v) is 6.00. The second kappa shape index (κ2) is 4.11. The highest BCUT2D eigenvalue weighted by Crippen LogP contribution is 2.34. The Labute approximate surface area is 109 Å². The molecule has 2 nitrogen and oxygen atoms in total. The fourth-order valence-corrected chi connectivity index (χ4v) is 3.90. The van der Waals surface area contributed by atoms with E-state index in [-0.39, 0.29) is 0 Å². The minimum Gasteiger partial charge on any atom is -0.261 e. The Balaban J connectivity index is 1.61. The summed E-state index contributed by atoms with van der Waals surface area (Å²) in [5.41, 5.74) is 2.97. The summed E-state index contributed by atoms with van der Waals surface area (Å²) in [7, 11) is 0. The van der Waals surface area contributed by atoms with Crippen molar-refractivity contribution in [3.63, 3.8) is 0 Å². The van der Waals surface area contributed by atoms with Gasteiger partial charge in [0.1, 0.15) is 18.3 Å². The smallest absolute Gasteiger partial charge is 0.240 e. The molecule has 1 atom stereocenters. The minimum atomic E-state index is 0.698. The highest BCUT2D eigenvalue weighted by molar-refractivity contribution is 5.82. The van der Waals surface area contributed by atoms with Crippen LogP contribution in [0.3, 0.4) is 0 Å². The normalized spacial score (nSPS) is 27.0. The number of anilines is 1. The molecule has 18 heavy (non-hydrogen) atoms. The molecule has 0 saturated heterocycles. The first-order valence-corrected chi connectivity index (χ1v) is 7.39. The van der Waals surface area contributed by atoms with Gasteiger partial charge in [0.05, 0.1) is 6.04 Å². The van der Waals surface area contributed by atoms with Crippen molar-refractivity contribution in [3.05, 3.63) is 29.8 Å². The van der Waals surface area contributed by atoms with E-state index in [4.69, 9.17) is 0 Å². The van der Waals surface area contributed by atoms with Crippen molar-refractivity contribution >= 4 is 12.0 Å². The van der Waals surface area contributed by atoms with Crippen LogP contribution < -0.4 is 4.90 Å². The number of para-hydroxylation sites is 1. The molecule has 0 bridgehead atoms. The highest BCUT2D eigenvalue weighted by Gasteiger charge is 2.41. The van der Waals surface area contributed by atoms with Gasteiger partial charge in [0.2, 0.25) is 6.34 Å². The molecule has 94 valence electrons. The average molecular weight is 241 g/mol. The molecule has 0 unspecified atom stereocenters. The van der Waals surface area contributed by atoms with Crippen LogP contribution >= 0.6 is 0 Å². The molecule has 1 fully saturated rings. The van der Waals surface area contributed by atoms with Crippen LogP contribution in [0.4, 0.5) is 5.69 Å². The van der Waals surface area contributed by atoms with Gasteiger partial charge in [0.25, 0.3) is 0 Å². The third-order valence-electron chi connectivity index (χ3n) is 4.86. The molecule has 0 radical (unpaired) electrons. The van der Waals surface area contributed by atoms with E-state index in [1.165, 1.54) is 56.3 Å². The van der Waals surface area contributed by atoms with Crippen LogP contribution in [0, 0.1) is 0 Å². The van der Waals surface area contributed by atoms with E-state index in [2.05, 4.69) is 40.1 Å². The van der Waals surface area contributed by atoms with Gasteiger partial charge in [-0.3, -0.25) is 4.58 Å². The first kappa shape index (κ1) is 10.6. The van der Waals surface area contributed by atoms with Crippen LogP contribution in [0.15, 0.2) is 24.3 Å². The van der Waals surface area contributed by atoms with Gasteiger partial charge in [0.15, 0.2) is 0 Å². The van der Waals surface area contributed by atoms with E-state index in [1.54, 1.807) is 0 Å². The van der Waals surface area contributed by atoms with Crippen molar-refractivity contribution in [2.24, 2.45) is 0 Å². The van der Waals surface area contributed by atoms with Gasteiger partial charge in [-0.25, -0.2) is 4.90 Å². The molecule has 1 aromatic carbocycles. The maximum Gasteiger partial charge on any atom is 0.240 e. The molecule has 1 aliphatic carbocycles. The first-order chi connectivity index (χ1) is 8.92. The van der Waals surface area contributed by atoms with E-state index in [9.17, 15) is 0 Å². The summed E-state index contributed by atoms with van der Waals surface area (Å²) in [4.78, 5) is 2.52. The quantitative estimate of drug-likeness (QED) is 0.685. The zero-order valence-electron chi connectivity index (χ0n) is 10.9. The van der Waals surface area contributed by atoms with Gasteiger partial charge in [-0.05, 0) is 31.7 Å². The Morgan fingerprint density at radius 2 is 1.89 bits per heavy atom. The lowest BCUT2D eigenvalue weighted by Gasteiger charge is -2.21. The molecule has 2 heteroatoms. The summed E-state index contributed by atoms with van der Waals surface area (Å²) < 4.78 is 2.62. The van der Waals surface area contributed by atoms with Gasteiger partial charge in [-0.1, -0.05) is 24.6 Å². The summed E-state index contributed by atoms with van der Waals surface area (Å²) in [6.45, 7) is 1.24. The molecule has 0 aromatic heterocycles. The Morgan fingerprint density at radius 1 is 1.06 bits per heavy atom. The van der Waals surface area contributed by atoms with Crippen molar-refractivity contribution < 1.29 is 4.58 Å². The number of hydrogen-bond acceptors (Lipinski definition) is 1. The molecule has 4 rings (SSSR count). The lowest BCUT2D eigenvalue weighted by Crippen LogP contribution is -2.30. The highest BCUT2D eigenvalue weighted by atomic mass is 15.3. The monoisotopic (exact) mass is 241 g/mol. The van der Waals surface area contributed by atoms with Crippen LogP contribution in [-0.2, 0) is 6.42 Å². The summed E-state index contributed by atoms with van der Waals surface area (Å²) >= 11 is 0. The van der Waals surface area contributed by atoms with Gasteiger partial charge in [0, 0.05) is 12.0 Å². The van der Waals surface area contributed by atoms with Crippen LogP contribution in [0.25, 0.3) is 0 Å². The second-order valence-electron chi connectivity index (χ2n) is 6.00. The van der Waals surface area contributed by atoms with E-state index in [0.717, 1.165) is 6.04 Å². The number of fused-ring (bicyclic) bond motifs is 3. The SMILES string of the molecule is C1=[N+](C2CCCCC2)C[C@@H]2Cc3ccccc3N12. The van der Waals surface area contributed by atoms with Crippen molar-refractivity contribution in [1.29, 1.82) is 0 Å². The first-order valence-electron chi connectivity index (χ1n) is 7.39. The number of rotatable bonds is 1. The van der Waals surface area contributed by atoms with E-state index < -0.39 is 0 Å². The molecule has 3 aliphatic rings. The molecular weight excluding hydrogens is 220 g/mol. The van der Waals surface area contributed by atoms with Crippen LogP contribution in [0.2, 0.25) is 0 Å². The van der Waals surface area contributed by atoms with E-state index in [0.29, 0.717) is 6.04 Å². The fourth-order valence-electron chi connectivity index (χ4n) is 3.90. The maximum absolute atomic E-state index is 2.62. The topological polar surface area (TPSA) is 6.25 Å². The standard InChI is InChI=1S/C16H21N2/c1-2-7-14(8-3-1)17-11-15-10-13-6-4-5-9-16(13)18(15)12-17/h4-6,9,12,14-15H,1-3,7-8,10-11H2/q+1/t15-/m0/s1. The number of benzene rings is 1. The van der Waals surface area contributed by atoms with Crippen LogP contribution in [0.1, 0.15) is 37.7 Å². The van der Waals surface area contributed by atoms with Crippen molar-refractivity contribution in [2.75, 3.05) is 11.4 Å². The van der Waals surface area contributed by atoms with Crippen molar-refractivity contribution in [3.8, 4) is 0 Å². The Morgan fingerprint density at radius 3 is 2.78 bits per heavy atom. The molecule has 2 aliphatic heterocycles. The molecule has 0 spiro atoms. The summed E-state index contributed by atoms with van der Waals surface area (Å²) in [5, 5.41) is 0. The lowest BCUT2D eigenvalue weighted by molar-refractivity contribution is -0.560. The van der Waals surface area contributed by atoms with Crippen molar-refractivity contribution in [2.45, 2.75) is 50.6 Å². The maximum atomic E-state index is 2.62. The average Bonchev–Trinajstić information content (AvgIpc) is 2.97. The fraction of sp³-hybridized carbons (Fsp3) is 0.562. The van der Waals surface area contributed by atoms with E-state index >= 15 is 0 Å². The zero-order valence-corrected chi connectivity index (χ0v) is 10.9. The van der Waals surface area contributed by atoms with Crippen LogP contribution in [-0.4, -0.2) is 29.5 Å². The largest absolute Gasteiger partial charge is 0.261 e. The molecule has 2 heterocycles. The third kappa shape index (κ3) is 1.58. The third-order valence-corrected chi connectivity index (χ3v) is 4.86. The van der Waals surface area contributed by atoms with Gasteiger partial charge >= 0.3 is 0 Å². The summed E-state index contributed by atoms with van der Waals surface area (Å²) in [5.74, 6) is 0. The Kier molecular flexibility index (Phi) is 2.42. The summed E-state index contributed by atoms with van der Waals surface area (Å²) in [6.07, 6.45) is 10.7. The van der Waals surface area contributed by atoms with Gasteiger partial charge in [-0.15, -0.1) is 0 Å². The molecule has 1 aromatic rings. The molecule has 1 saturated carbocycles. The molecular formula is C16H21N2+. The molecule has 0 N–H and O–H groups in total. The summed E-state index contributed by atoms with van der Waals surface area (Å²) in [6, 6.07) is 10.4. The van der Waals surface area contributed by atoms with Gasteiger partial charge < -0.3 is 0 Å². The zero-order chi connectivity index (χ0) is 11.9. The number of hydrogen-bond donors (Lipinski definition) is 0. The van der Waals surface area contributed by atoms with Crippen LogP contribution in [0.5, 0.6) is 0 Å². The predicted octanol–water partition coefficient (Wildman–Crippen LogP) is 2.80.